The van der Waals surface area contributed by atoms with E-state index in [0.717, 1.165) is 28.3 Å². The molecule has 0 fully saturated rings. The Kier molecular flexibility index (Phi) is 6.61. The van der Waals surface area contributed by atoms with E-state index in [9.17, 15) is 32.7 Å². The summed E-state index contributed by atoms with van der Waals surface area (Å²) in [6, 6.07) is 15.2. The SMILES string of the molecule is CC(C)N1C(=O)c2c(O)c(=O)ccn2N(C2c3ccccc3CCc3ccccc32)C1CNC(=O)C(F)(F)F. The fourth-order valence-electron chi connectivity index (χ4n) is 5.57. The van der Waals surface area contributed by atoms with Gasteiger partial charge in [0.2, 0.25) is 5.43 Å². The van der Waals surface area contributed by atoms with Crippen LogP contribution in [-0.4, -0.2) is 51.4 Å². The Hall–Kier alpha value is -4.28. The van der Waals surface area contributed by atoms with Gasteiger partial charge in [0.25, 0.3) is 5.91 Å². The number of amides is 2. The Morgan fingerprint density at radius 2 is 1.56 bits per heavy atom. The molecule has 2 amide bonds. The van der Waals surface area contributed by atoms with Crippen LogP contribution >= 0.6 is 0 Å². The lowest BCUT2D eigenvalue weighted by Gasteiger charge is -2.51. The molecule has 11 heteroatoms. The first-order valence-corrected chi connectivity index (χ1v) is 12.6. The third-order valence-electron chi connectivity index (χ3n) is 7.25. The number of benzene rings is 2. The van der Waals surface area contributed by atoms with Gasteiger partial charge < -0.3 is 15.3 Å². The van der Waals surface area contributed by atoms with Gasteiger partial charge in [0, 0.05) is 18.3 Å². The maximum Gasteiger partial charge on any atom is 0.471 e. The number of carbonyl (C=O) groups is 2. The fourth-order valence-corrected chi connectivity index (χ4v) is 5.57. The van der Waals surface area contributed by atoms with E-state index in [1.807, 2.05) is 53.8 Å². The van der Waals surface area contributed by atoms with Crippen molar-refractivity contribution in [1.82, 2.24) is 14.9 Å². The van der Waals surface area contributed by atoms with Crippen LogP contribution in [0.5, 0.6) is 5.75 Å². The van der Waals surface area contributed by atoms with Crippen LogP contribution in [0.25, 0.3) is 0 Å². The predicted molar refractivity (Wildman–Crippen MR) is 137 cm³/mol. The second-order valence-corrected chi connectivity index (χ2v) is 9.90. The summed E-state index contributed by atoms with van der Waals surface area (Å²) in [5.41, 5.74) is 2.68. The summed E-state index contributed by atoms with van der Waals surface area (Å²) in [5.74, 6) is -3.63. The zero-order valence-corrected chi connectivity index (χ0v) is 21.3. The summed E-state index contributed by atoms with van der Waals surface area (Å²) in [6.07, 6.45) is -3.47. The minimum atomic E-state index is -5.12. The van der Waals surface area contributed by atoms with Crippen molar-refractivity contribution in [3.05, 3.63) is 99.0 Å². The van der Waals surface area contributed by atoms with E-state index >= 15 is 0 Å². The smallest absolute Gasteiger partial charge is 0.471 e. The number of nitrogens with one attached hydrogen (secondary N) is 1. The number of halogens is 3. The molecule has 2 heterocycles. The van der Waals surface area contributed by atoms with Gasteiger partial charge in [0.1, 0.15) is 6.17 Å². The Morgan fingerprint density at radius 1 is 1.00 bits per heavy atom. The van der Waals surface area contributed by atoms with Crippen LogP contribution in [0.4, 0.5) is 13.2 Å². The highest BCUT2D eigenvalue weighted by molar-refractivity contribution is 5.97. The number of rotatable bonds is 4. The van der Waals surface area contributed by atoms with Crippen LogP contribution in [0.1, 0.15) is 52.6 Å². The number of carbonyl (C=O) groups excluding carboxylic acids is 2. The van der Waals surface area contributed by atoms with Gasteiger partial charge in [-0.1, -0.05) is 48.5 Å². The Labute approximate surface area is 222 Å². The van der Waals surface area contributed by atoms with Gasteiger partial charge in [-0.25, -0.2) is 0 Å². The number of aryl methyl sites for hydroxylation is 2. The van der Waals surface area contributed by atoms with E-state index < -0.39 is 54.0 Å². The number of alkyl halides is 3. The molecule has 2 N–H and O–H groups in total. The van der Waals surface area contributed by atoms with Gasteiger partial charge in [-0.05, 0) is 48.9 Å². The lowest BCUT2D eigenvalue weighted by atomic mass is 9.93. The number of aromatic hydroxyl groups is 1. The minimum Gasteiger partial charge on any atom is -0.502 e. The number of fused-ring (bicyclic) bond motifs is 3. The van der Waals surface area contributed by atoms with E-state index in [-0.39, 0.29) is 5.69 Å². The van der Waals surface area contributed by atoms with Crippen LogP contribution in [-0.2, 0) is 17.6 Å². The Balaban J connectivity index is 1.79. The predicted octanol–water partition coefficient (Wildman–Crippen LogP) is 3.25. The quantitative estimate of drug-likeness (QED) is 0.530. The standard InChI is InChI=1S/C28H27F3N4O4/c1-16(2)34-22(15-32-27(39)28(29,30)31)35(33-14-13-21(36)25(37)24(33)26(34)38)23-19-9-5-3-7-17(19)11-12-18-8-4-6-10-20(18)23/h3-10,13-14,16,22-23,37H,11-12,15H2,1-2H3,(H,32,39). The van der Waals surface area contributed by atoms with Crippen molar-refractivity contribution in [2.24, 2.45) is 0 Å². The van der Waals surface area contributed by atoms with E-state index in [0.29, 0.717) is 12.8 Å². The maximum absolute atomic E-state index is 13.7. The molecule has 1 aliphatic carbocycles. The van der Waals surface area contributed by atoms with Crippen LogP contribution < -0.4 is 15.8 Å². The molecule has 2 aromatic carbocycles. The molecule has 204 valence electrons. The summed E-state index contributed by atoms with van der Waals surface area (Å²) < 4.78 is 40.9. The summed E-state index contributed by atoms with van der Waals surface area (Å²) in [4.78, 5) is 39.3. The Bertz CT molecular complexity index is 1450. The molecule has 8 nitrogen and oxygen atoms in total. The molecule has 2 aliphatic rings. The summed E-state index contributed by atoms with van der Waals surface area (Å²) in [7, 11) is 0. The highest BCUT2D eigenvalue weighted by Gasteiger charge is 2.46. The molecule has 1 unspecified atom stereocenters. The highest BCUT2D eigenvalue weighted by atomic mass is 19.4. The van der Waals surface area contributed by atoms with Crippen LogP contribution in [0.3, 0.4) is 0 Å². The normalized spacial score (nSPS) is 17.4. The average Bonchev–Trinajstić information content (AvgIpc) is 3.05. The van der Waals surface area contributed by atoms with E-state index in [1.165, 1.54) is 15.8 Å². The van der Waals surface area contributed by atoms with Crippen molar-refractivity contribution in [1.29, 1.82) is 0 Å². The van der Waals surface area contributed by atoms with Crippen molar-refractivity contribution in [2.75, 3.05) is 11.6 Å². The van der Waals surface area contributed by atoms with Crippen LogP contribution in [0.2, 0.25) is 0 Å². The molecule has 0 saturated carbocycles. The molecular formula is C28H27F3N4O4. The van der Waals surface area contributed by atoms with E-state index in [1.54, 1.807) is 18.9 Å². The van der Waals surface area contributed by atoms with Gasteiger partial charge >= 0.3 is 12.1 Å². The van der Waals surface area contributed by atoms with Gasteiger partial charge in [-0.15, -0.1) is 0 Å². The van der Waals surface area contributed by atoms with Crippen LogP contribution in [0.15, 0.2) is 65.6 Å². The van der Waals surface area contributed by atoms with Gasteiger partial charge in [-0.3, -0.25) is 24.1 Å². The van der Waals surface area contributed by atoms with Crippen LogP contribution in [0, 0.1) is 0 Å². The number of pyridine rings is 1. The zero-order valence-electron chi connectivity index (χ0n) is 21.3. The summed E-state index contributed by atoms with van der Waals surface area (Å²) in [5, 5.41) is 14.4. The van der Waals surface area contributed by atoms with Crippen molar-refractivity contribution in [2.45, 2.75) is 51.1 Å². The van der Waals surface area contributed by atoms with E-state index in [2.05, 4.69) is 0 Å². The van der Waals surface area contributed by atoms with Gasteiger partial charge in [0.05, 0.1) is 12.6 Å². The minimum absolute atomic E-state index is 0.297. The number of hydrogen-bond acceptors (Lipinski definition) is 5. The van der Waals surface area contributed by atoms with Crippen molar-refractivity contribution in [3.8, 4) is 5.75 Å². The fraction of sp³-hybridized carbons (Fsp3) is 0.321. The maximum atomic E-state index is 13.7. The second-order valence-electron chi connectivity index (χ2n) is 9.90. The molecule has 3 aromatic rings. The molecule has 0 bridgehead atoms. The highest BCUT2D eigenvalue weighted by Crippen LogP contribution is 2.40. The monoisotopic (exact) mass is 540 g/mol. The third kappa shape index (κ3) is 4.51. The molecule has 0 radical (unpaired) electrons. The lowest BCUT2D eigenvalue weighted by molar-refractivity contribution is -0.173. The van der Waals surface area contributed by atoms with Crippen molar-refractivity contribution < 1.29 is 27.9 Å². The molecule has 0 saturated heterocycles. The molecule has 1 atom stereocenters. The summed E-state index contributed by atoms with van der Waals surface area (Å²) in [6.45, 7) is 2.80. The molecule has 0 spiro atoms. The first-order chi connectivity index (χ1) is 18.5. The topological polar surface area (TPSA) is 94.9 Å². The largest absolute Gasteiger partial charge is 0.502 e. The molecule has 1 aliphatic heterocycles. The molecule has 39 heavy (non-hydrogen) atoms. The van der Waals surface area contributed by atoms with Crippen molar-refractivity contribution in [3.63, 3.8) is 0 Å². The number of hydrogen-bond donors (Lipinski definition) is 2. The summed E-state index contributed by atoms with van der Waals surface area (Å²) >= 11 is 0. The van der Waals surface area contributed by atoms with Gasteiger partial charge in [-0.2, -0.15) is 13.2 Å². The van der Waals surface area contributed by atoms with Crippen molar-refractivity contribution >= 4 is 11.8 Å². The lowest BCUT2D eigenvalue weighted by Crippen LogP contribution is -2.67. The zero-order chi connectivity index (χ0) is 28.1. The van der Waals surface area contributed by atoms with E-state index in [4.69, 9.17) is 0 Å². The number of nitrogens with zero attached hydrogens (tertiary/aromatic N) is 3. The molecule has 5 rings (SSSR count). The Morgan fingerprint density at radius 3 is 2.10 bits per heavy atom. The number of aromatic nitrogens is 1. The molecule has 1 aromatic heterocycles. The average molecular weight is 541 g/mol. The third-order valence-corrected chi connectivity index (χ3v) is 7.25. The first kappa shape index (κ1) is 26.3. The molecular weight excluding hydrogens is 513 g/mol. The first-order valence-electron chi connectivity index (χ1n) is 12.6. The van der Waals surface area contributed by atoms with Gasteiger partial charge in [0.15, 0.2) is 11.4 Å². The second kappa shape index (κ2) is 9.79.